The third-order valence-electron chi connectivity index (χ3n) is 6.88. The fourth-order valence-corrected chi connectivity index (χ4v) is 5.30. The number of aromatic nitrogens is 3. The maximum absolute atomic E-state index is 13.1. The summed E-state index contributed by atoms with van der Waals surface area (Å²) in [4.78, 5) is 52.7. The van der Waals surface area contributed by atoms with E-state index in [9.17, 15) is 14.4 Å². The summed E-state index contributed by atoms with van der Waals surface area (Å²) in [6.45, 7) is 6.05. The summed E-state index contributed by atoms with van der Waals surface area (Å²) < 4.78 is 4.85. The SMILES string of the molecule is COC(=O)[C@@H](C)C[C@H](Cc1ncccn1)NC(=O)c1csc(CCC(C(C)C)N(C)C(=O)CC2CC2)n1. The lowest BCUT2D eigenvalue weighted by atomic mass is 9.97. The van der Waals surface area contributed by atoms with E-state index in [0.717, 1.165) is 24.3 Å². The molecule has 37 heavy (non-hydrogen) atoms. The molecular formula is C27H39N5O4S. The predicted octanol–water partition coefficient (Wildman–Crippen LogP) is 3.69. The Hall–Kier alpha value is -2.88. The van der Waals surface area contributed by atoms with Crippen LogP contribution < -0.4 is 5.32 Å². The zero-order valence-electron chi connectivity index (χ0n) is 22.5. The number of rotatable bonds is 14. The minimum Gasteiger partial charge on any atom is -0.469 e. The lowest BCUT2D eigenvalue weighted by Crippen LogP contribution is -2.40. The van der Waals surface area contributed by atoms with Crippen LogP contribution >= 0.6 is 11.3 Å². The summed E-state index contributed by atoms with van der Waals surface area (Å²) in [5.41, 5.74) is 0.351. The summed E-state index contributed by atoms with van der Waals surface area (Å²) in [6.07, 6.45) is 8.55. The van der Waals surface area contributed by atoms with Crippen molar-refractivity contribution in [3.63, 3.8) is 0 Å². The third kappa shape index (κ3) is 8.87. The zero-order chi connectivity index (χ0) is 26.9. The van der Waals surface area contributed by atoms with Crippen molar-refractivity contribution in [3.05, 3.63) is 40.4 Å². The van der Waals surface area contributed by atoms with Gasteiger partial charge in [-0.15, -0.1) is 11.3 Å². The molecule has 1 aliphatic rings. The van der Waals surface area contributed by atoms with E-state index in [1.165, 1.54) is 18.4 Å². The maximum atomic E-state index is 13.1. The highest BCUT2D eigenvalue weighted by atomic mass is 32.1. The second kappa shape index (κ2) is 13.6. The molecule has 3 atom stereocenters. The van der Waals surface area contributed by atoms with Crippen LogP contribution in [-0.4, -0.2) is 63.9 Å². The highest BCUT2D eigenvalue weighted by molar-refractivity contribution is 7.09. The quantitative estimate of drug-likeness (QED) is 0.371. The molecule has 2 amide bonds. The van der Waals surface area contributed by atoms with Gasteiger partial charge in [-0.1, -0.05) is 20.8 Å². The first-order chi connectivity index (χ1) is 17.7. The third-order valence-corrected chi connectivity index (χ3v) is 7.79. The van der Waals surface area contributed by atoms with E-state index in [2.05, 4.69) is 34.1 Å². The van der Waals surface area contributed by atoms with Crippen molar-refractivity contribution >= 4 is 29.1 Å². The van der Waals surface area contributed by atoms with Gasteiger partial charge in [0.15, 0.2) is 0 Å². The zero-order valence-corrected chi connectivity index (χ0v) is 23.3. The predicted molar refractivity (Wildman–Crippen MR) is 142 cm³/mol. The average Bonchev–Trinajstić information content (AvgIpc) is 3.56. The molecule has 1 aliphatic carbocycles. The first-order valence-corrected chi connectivity index (χ1v) is 13.9. The monoisotopic (exact) mass is 529 g/mol. The number of hydrogen-bond acceptors (Lipinski definition) is 8. The highest BCUT2D eigenvalue weighted by Crippen LogP contribution is 2.33. The van der Waals surface area contributed by atoms with E-state index in [1.807, 2.05) is 11.9 Å². The number of carbonyl (C=O) groups excluding carboxylic acids is 3. The van der Waals surface area contributed by atoms with E-state index in [-0.39, 0.29) is 29.9 Å². The molecule has 2 aromatic rings. The molecule has 1 saturated carbocycles. The molecule has 0 aromatic carbocycles. The normalized spacial score (nSPS) is 15.6. The van der Waals surface area contributed by atoms with Crippen LogP contribution in [0.4, 0.5) is 0 Å². The maximum Gasteiger partial charge on any atom is 0.308 e. The van der Waals surface area contributed by atoms with Crippen molar-refractivity contribution in [2.45, 2.75) is 77.8 Å². The van der Waals surface area contributed by atoms with Crippen LogP contribution in [0.5, 0.6) is 0 Å². The van der Waals surface area contributed by atoms with E-state index in [0.29, 0.717) is 49.0 Å². The van der Waals surface area contributed by atoms with E-state index >= 15 is 0 Å². The Bertz CT molecular complexity index is 1040. The number of amides is 2. The minimum absolute atomic E-state index is 0.127. The van der Waals surface area contributed by atoms with Gasteiger partial charge in [-0.05, 0) is 43.6 Å². The number of nitrogens with zero attached hydrogens (tertiary/aromatic N) is 4. The number of thiazole rings is 1. The summed E-state index contributed by atoms with van der Waals surface area (Å²) in [7, 11) is 3.26. The molecule has 2 heterocycles. The van der Waals surface area contributed by atoms with Crippen molar-refractivity contribution in [2.24, 2.45) is 17.8 Å². The average molecular weight is 530 g/mol. The van der Waals surface area contributed by atoms with Crippen LogP contribution in [0.2, 0.25) is 0 Å². The van der Waals surface area contributed by atoms with Crippen LogP contribution in [0, 0.1) is 17.8 Å². The van der Waals surface area contributed by atoms with Gasteiger partial charge in [0.25, 0.3) is 5.91 Å². The van der Waals surface area contributed by atoms with Gasteiger partial charge in [-0.25, -0.2) is 15.0 Å². The fourth-order valence-electron chi connectivity index (χ4n) is 4.51. The Labute approximate surface area is 223 Å². The highest BCUT2D eigenvalue weighted by Gasteiger charge is 2.30. The van der Waals surface area contributed by atoms with Gasteiger partial charge < -0.3 is 15.0 Å². The van der Waals surface area contributed by atoms with E-state index < -0.39 is 5.92 Å². The molecule has 0 bridgehead atoms. The van der Waals surface area contributed by atoms with E-state index in [1.54, 1.807) is 30.8 Å². The minimum atomic E-state index is -0.391. The molecule has 2 aromatic heterocycles. The van der Waals surface area contributed by atoms with Crippen molar-refractivity contribution < 1.29 is 19.1 Å². The molecular weight excluding hydrogens is 490 g/mol. The van der Waals surface area contributed by atoms with Gasteiger partial charge in [0.1, 0.15) is 11.5 Å². The number of aryl methyl sites for hydroxylation is 1. The van der Waals surface area contributed by atoms with Gasteiger partial charge in [0, 0.05) is 56.2 Å². The Balaban J connectivity index is 1.60. The van der Waals surface area contributed by atoms with Crippen LogP contribution in [0.15, 0.2) is 23.8 Å². The Morgan fingerprint density at radius 1 is 1.19 bits per heavy atom. The van der Waals surface area contributed by atoms with Gasteiger partial charge >= 0.3 is 5.97 Å². The number of ether oxygens (including phenoxy) is 1. The van der Waals surface area contributed by atoms with Gasteiger partial charge in [0.05, 0.1) is 18.0 Å². The number of esters is 1. The molecule has 1 unspecified atom stereocenters. The van der Waals surface area contributed by atoms with Crippen molar-refractivity contribution in [1.82, 2.24) is 25.2 Å². The van der Waals surface area contributed by atoms with Gasteiger partial charge in [-0.3, -0.25) is 14.4 Å². The first-order valence-electron chi connectivity index (χ1n) is 13.0. The van der Waals surface area contributed by atoms with Gasteiger partial charge in [-0.2, -0.15) is 0 Å². The van der Waals surface area contributed by atoms with Crippen LogP contribution in [0.3, 0.4) is 0 Å². The molecule has 0 radical (unpaired) electrons. The van der Waals surface area contributed by atoms with Crippen molar-refractivity contribution in [2.75, 3.05) is 14.2 Å². The molecule has 202 valence electrons. The number of carbonyl (C=O) groups is 3. The number of nitrogens with one attached hydrogen (secondary N) is 1. The van der Waals surface area contributed by atoms with Crippen LogP contribution in [0.1, 0.15) is 74.2 Å². The molecule has 0 saturated heterocycles. The molecule has 0 aliphatic heterocycles. The van der Waals surface area contributed by atoms with Crippen molar-refractivity contribution in [3.8, 4) is 0 Å². The summed E-state index contributed by atoms with van der Waals surface area (Å²) in [6, 6.07) is 1.50. The number of methoxy groups -OCH3 is 1. The second-order valence-electron chi connectivity index (χ2n) is 10.3. The molecule has 1 N–H and O–H groups in total. The lowest BCUT2D eigenvalue weighted by Gasteiger charge is -2.31. The van der Waals surface area contributed by atoms with E-state index in [4.69, 9.17) is 4.74 Å². The molecule has 3 rings (SSSR count). The standard InChI is InChI=1S/C27H39N5O4S/c1-17(2)22(32(4)25(33)14-19-7-8-19)9-10-24-31-21(16-37-24)26(34)30-20(13-18(3)27(35)36-5)15-23-28-11-6-12-29-23/h6,11-12,16-20,22H,7-10,13-15H2,1-5H3,(H,30,34)/t18-,20+,22?/m0/s1. The Kier molecular flexibility index (Phi) is 10.5. The lowest BCUT2D eigenvalue weighted by molar-refractivity contribution is -0.145. The van der Waals surface area contributed by atoms with Crippen molar-refractivity contribution in [1.29, 1.82) is 0 Å². The molecule has 10 heteroatoms. The smallest absolute Gasteiger partial charge is 0.308 e. The fraction of sp³-hybridized carbons (Fsp3) is 0.630. The van der Waals surface area contributed by atoms with Crippen LogP contribution in [0.25, 0.3) is 0 Å². The molecule has 1 fully saturated rings. The first kappa shape index (κ1) is 28.7. The molecule has 0 spiro atoms. The van der Waals surface area contributed by atoms with Gasteiger partial charge in [0.2, 0.25) is 5.91 Å². The Morgan fingerprint density at radius 2 is 1.89 bits per heavy atom. The topological polar surface area (TPSA) is 114 Å². The van der Waals surface area contributed by atoms with Crippen LogP contribution in [-0.2, 0) is 27.2 Å². The largest absolute Gasteiger partial charge is 0.469 e. The number of hydrogen-bond donors (Lipinski definition) is 1. The Morgan fingerprint density at radius 3 is 2.51 bits per heavy atom. The summed E-state index contributed by atoms with van der Waals surface area (Å²) >= 11 is 1.45. The molecule has 9 nitrogen and oxygen atoms in total. The second-order valence-corrected chi connectivity index (χ2v) is 11.3. The summed E-state index contributed by atoms with van der Waals surface area (Å²) in [5.74, 6) is 0.683. The summed E-state index contributed by atoms with van der Waals surface area (Å²) in [5, 5.41) is 5.64.